The van der Waals surface area contributed by atoms with Gasteiger partial charge < -0.3 is 10.5 Å². The Morgan fingerprint density at radius 1 is 1.57 bits per heavy atom. The van der Waals surface area contributed by atoms with Gasteiger partial charge in [0.2, 0.25) is 0 Å². The van der Waals surface area contributed by atoms with Crippen molar-refractivity contribution in [1.29, 1.82) is 0 Å². The van der Waals surface area contributed by atoms with E-state index in [9.17, 15) is 0 Å². The Balaban J connectivity index is 2.14. The molecule has 0 saturated carbocycles. The second kappa shape index (κ2) is 4.63. The lowest BCUT2D eigenvalue weighted by Crippen LogP contribution is -2.17. The molecule has 2 rings (SSSR count). The van der Waals surface area contributed by atoms with Crippen molar-refractivity contribution in [2.24, 2.45) is 5.73 Å². The zero-order chi connectivity index (χ0) is 9.97. The van der Waals surface area contributed by atoms with Gasteiger partial charge in [-0.2, -0.15) is 0 Å². The van der Waals surface area contributed by atoms with E-state index in [2.05, 4.69) is 40.1 Å². The topological polar surface area (TPSA) is 35.2 Å². The molecule has 4 heteroatoms. The number of thiophene rings is 1. The first-order valence-corrected chi connectivity index (χ1v) is 6.55. The maximum Gasteiger partial charge on any atom is 0.113 e. The van der Waals surface area contributed by atoms with Crippen molar-refractivity contribution >= 4 is 33.9 Å². The van der Waals surface area contributed by atoms with Crippen molar-refractivity contribution in [3.05, 3.63) is 31.7 Å². The van der Waals surface area contributed by atoms with Gasteiger partial charge in [0.1, 0.15) is 5.76 Å². The fourth-order valence-corrected chi connectivity index (χ4v) is 2.85. The van der Waals surface area contributed by atoms with Gasteiger partial charge in [-0.15, -0.1) is 11.3 Å². The van der Waals surface area contributed by atoms with E-state index >= 15 is 0 Å². The first-order valence-electron chi connectivity index (χ1n) is 4.60. The van der Waals surface area contributed by atoms with Crippen LogP contribution in [0.2, 0.25) is 0 Å². The summed E-state index contributed by atoms with van der Waals surface area (Å²) in [6.07, 6.45) is 4.31. The van der Waals surface area contributed by atoms with Crippen molar-refractivity contribution < 1.29 is 4.74 Å². The third-order valence-electron chi connectivity index (χ3n) is 2.22. The number of hydrogen-bond acceptors (Lipinski definition) is 3. The van der Waals surface area contributed by atoms with E-state index in [-0.39, 0.29) is 6.04 Å². The minimum atomic E-state index is -0.0740. The summed E-state index contributed by atoms with van der Waals surface area (Å²) < 4.78 is 6.81. The van der Waals surface area contributed by atoms with E-state index in [4.69, 9.17) is 10.5 Å². The van der Waals surface area contributed by atoms with Crippen LogP contribution in [0.5, 0.6) is 0 Å². The molecule has 0 aromatic carbocycles. The smallest absolute Gasteiger partial charge is 0.113 e. The lowest BCUT2D eigenvalue weighted by molar-refractivity contribution is 0.176. The Kier molecular flexibility index (Phi) is 3.46. The number of rotatable bonds is 2. The van der Waals surface area contributed by atoms with Crippen LogP contribution >= 0.6 is 33.9 Å². The van der Waals surface area contributed by atoms with Gasteiger partial charge in [0.25, 0.3) is 0 Å². The summed E-state index contributed by atoms with van der Waals surface area (Å²) in [7, 11) is 0. The van der Waals surface area contributed by atoms with Gasteiger partial charge in [-0.05, 0) is 58.5 Å². The molecular formula is C10H12INOS. The van der Waals surface area contributed by atoms with Crippen LogP contribution in [0.25, 0.3) is 0 Å². The molecule has 1 aliphatic rings. The fraction of sp³-hybridized carbons (Fsp3) is 0.400. The van der Waals surface area contributed by atoms with Crippen LogP contribution in [0, 0.1) is 2.88 Å². The standard InChI is InChI=1S/C10H12INOS/c11-9-5-7(6-14-9)10(12)8-3-1-2-4-13-8/h3,5-6,10H,1-2,4,12H2. The van der Waals surface area contributed by atoms with Crippen molar-refractivity contribution in [3.63, 3.8) is 0 Å². The van der Waals surface area contributed by atoms with E-state index in [1.165, 1.54) is 2.88 Å². The Hall–Kier alpha value is -0.0700. The molecule has 0 radical (unpaired) electrons. The van der Waals surface area contributed by atoms with E-state index in [1.807, 2.05) is 0 Å². The summed E-state index contributed by atoms with van der Waals surface area (Å²) in [6.45, 7) is 0.806. The van der Waals surface area contributed by atoms with Gasteiger partial charge in [0.15, 0.2) is 0 Å². The maximum absolute atomic E-state index is 6.09. The number of ether oxygens (including phenoxy) is 1. The molecule has 0 spiro atoms. The molecule has 1 aliphatic heterocycles. The summed E-state index contributed by atoms with van der Waals surface area (Å²) in [4.78, 5) is 0. The molecule has 1 atom stereocenters. The third-order valence-corrected chi connectivity index (χ3v) is 4.02. The van der Waals surface area contributed by atoms with E-state index in [1.54, 1.807) is 11.3 Å². The number of allylic oxidation sites excluding steroid dienone is 1. The predicted molar refractivity (Wildman–Crippen MR) is 67.2 cm³/mol. The van der Waals surface area contributed by atoms with Crippen LogP contribution < -0.4 is 5.73 Å². The van der Waals surface area contributed by atoms with E-state index in [0.717, 1.165) is 30.8 Å². The normalized spacial score (nSPS) is 18.6. The zero-order valence-corrected chi connectivity index (χ0v) is 10.7. The molecule has 1 unspecified atom stereocenters. The maximum atomic E-state index is 6.09. The van der Waals surface area contributed by atoms with Gasteiger partial charge in [-0.1, -0.05) is 0 Å². The first kappa shape index (κ1) is 10.4. The highest BCUT2D eigenvalue weighted by atomic mass is 127. The molecule has 2 N–H and O–H groups in total. The highest BCUT2D eigenvalue weighted by Crippen LogP contribution is 2.27. The van der Waals surface area contributed by atoms with Crippen LogP contribution in [0.15, 0.2) is 23.3 Å². The lowest BCUT2D eigenvalue weighted by Gasteiger charge is -2.19. The summed E-state index contributed by atoms with van der Waals surface area (Å²) in [6, 6.07) is 2.05. The van der Waals surface area contributed by atoms with Crippen molar-refractivity contribution in [2.45, 2.75) is 18.9 Å². The third kappa shape index (κ3) is 2.29. The molecule has 1 aromatic heterocycles. The summed E-state index contributed by atoms with van der Waals surface area (Å²) in [5.74, 6) is 0.936. The second-order valence-electron chi connectivity index (χ2n) is 3.26. The minimum Gasteiger partial charge on any atom is -0.496 e. The molecule has 2 heterocycles. The summed E-state index contributed by atoms with van der Waals surface area (Å²) in [5.41, 5.74) is 7.25. The summed E-state index contributed by atoms with van der Waals surface area (Å²) in [5, 5.41) is 2.10. The van der Waals surface area contributed by atoms with Gasteiger partial charge >= 0.3 is 0 Å². The van der Waals surface area contributed by atoms with Crippen molar-refractivity contribution in [3.8, 4) is 0 Å². The van der Waals surface area contributed by atoms with Crippen LogP contribution in [-0.2, 0) is 4.74 Å². The monoisotopic (exact) mass is 321 g/mol. The highest BCUT2D eigenvalue weighted by molar-refractivity contribution is 14.1. The minimum absolute atomic E-state index is 0.0740. The average Bonchev–Trinajstić information content (AvgIpc) is 2.65. The molecule has 2 nitrogen and oxygen atoms in total. The van der Waals surface area contributed by atoms with E-state index < -0.39 is 0 Å². The molecule has 14 heavy (non-hydrogen) atoms. The molecule has 0 fully saturated rings. The van der Waals surface area contributed by atoms with Gasteiger partial charge in [0, 0.05) is 0 Å². The summed E-state index contributed by atoms with van der Waals surface area (Å²) >= 11 is 4.03. The molecular weight excluding hydrogens is 309 g/mol. The quantitative estimate of drug-likeness (QED) is 0.850. The Labute approximate surface area is 101 Å². The largest absolute Gasteiger partial charge is 0.496 e. The molecule has 76 valence electrons. The van der Waals surface area contributed by atoms with Crippen LogP contribution in [-0.4, -0.2) is 6.61 Å². The second-order valence-corrected chi connectivity index (χ2v) is 6.06. The predicted octanol–water partition coefficient (Wildman–Crippen LogP) is 3.05. The van der Waals surface area contributed by atoms with Crippen molar-refractivity contribution in [1.82, 2.24) is 0 Å². The first-order chi connectivity index (χ1) is 6.77. The van der Waals surface area contributed by atoms with Crippen LogP contribution in [0.1, 0.15) is 24.4 Å². The van der Waals surface area contributed by atoms with Gasteiger partial charge in [-0.3, -0.25) is 0 Å². The van der Waals surface area contributed by atoms with Gasteiger partial charge in [0.05, 0.1) is 15.5 Å². The number of hydrogen-bond donors (Lipinski definition) is 1. The average molecular weight is 321 g/mol. The number of halogens is 1. The number of nitrogens with two attached hydrogens (primary N) is 1. The van der Waals surface area contributed by atoms with Crippen LogP contribution in [0.3, 0.4) is 0 Å². The molecule has 0 aliphatic carbocycles. The van der Waals surface area contributed by atoms with Crippen molar-refractivity contribution in [2.75, 3.05) is 6.61 Å². The van der Waals surface area contributed by atoms with E-state index in [0.29, 0.717) is 0 Å². The lowest BCUT2D eigenvalue weighted by atomic mass is 10.1. The molecule has 0 amide bonds. The Bertz CT molecular complexity index is 348. The Morgan fingerprint density at radius 2 is 2.43 bits per heavy atom. The Morgan fingerprint density at radius 3 is 3.00 bits per heavy atom. The molecule has 0 bridgehead atoms. The highest BCUT2D eigenvalue weighted by Gasteiger charge is 2.16. The fourth-order valence-electron chi connectivity index (χ4n) is 1.44. The molecule has 0 saturated heterocycles. The van der Waals surface area contributed by atoms with Gasteiger partial charge in [-0.25, -0.2) is 0 Å². The zero-order valence-electron chi connectivity index (χ0n) is 7.70. The molecule has 1 aromatic rings. The SMILES string of the molecule is NC(C1=CCCCO1)c1csc(I)c1. The van der Waals surface area contributed by atoms with Crippen LogP contribution in [0.4, 0.5) is 0 Å².